The number of nitrogens with zero attached hydrogens (tertiary/aromatic N) is 5. The quantitative estimate of drug-likeness (QED) is 0.918. The number of carbonyl (C=O) groups is 1. The van der Waals surface area contributed by atoms with E-state index in [2.05, 4.69) is 26.4 Å². The maximum Gasteiger partial charge on any atom is 0.269 e. The molecule has 1 N–H and O–H groups in total. The van der Waals surface area contributed by atoms with Crippen LogP contribution in [0, 0.1) is 6.92 Å². The first-order valence-corrected chi connectivity index (χ1v) is 8.99. The first-order chi connectivity index (χ1) is 12.1. The average Bonchev–Trinajstić information content (AvgIpc) is 3.36. The Morgan fingerprint density at radius 3 is 2.84 bits per heavy atom. The number of hydrogen-bond donors (Lipinski definition) is 1. The van der Waals surface area contributed by atoms with E-state index in [0.717, 1.165) is 43.3 Å². The van der Waals surface area contributed by atoms with E-state index in [1.165, 1.54) is 12.8 Å². The number of anilines is 1. The molecule has 2 aromatic rings. The Morgan fingerprint density at radius 1 is 1.28 bits per heavy atom. The minimum atomic E-state index is -0.0654. The van der Waals surface area contributed by atoms with Crippen LogP contribution >= 0.6 is 0 Å². The van der Waals surface area contributed by atoms with Crippen LogP contribution in [0.2, 0.25) is 0 Å². The lowest BCUT2D eigenvalue weighted by molar-refractivity contribution is 0.0923. The van der Waals surface area contributed by atoms with Crippen LogP contribution in [0.15, 0.2) is 18.3 Å². The minimum absolute atomic E-state index is 0.0654. The molecule has 0 aromatic carbocycles. The molecule has 1 amide bonds. The summed E-state index contributed by atoms with van der Waals surface area (Å²) >= 11 is 0. The molecular weight excluding hydrogens is 316 g/mol. The first kappa shape index (κ1) is 16.1. The number of rotatable bonds is 4. The van der Waals surface area contributed by atoms with Crippen LogP contribution in [0.25, 0.3) is 0 Å². The highest BCUT2D eigenvalue weighted by Gasteiger charge is 2.29. The highest BCUT2D eigenvalue weighted by atomic mass is 16.2. The van der Waals surface area contributed by atoms with Crippen LogP contribution in [0.3, 0.4) is 0 Å². The fourth-order valence-electron chi connectivity index (χ4n) is 3.42. The van der Waals surface area contributed by atoms with Crippen LogP contribution in [0.4, 0.5) is 5.82 Å². The summed E-state index contributed by atoms with van der Waals surface area (Å²) in [6.45, 7) is 3.78. The van der Waals surface area contributed by atoms with E-state index in [9.17, 15) is 4.79 Å². The monoisotopic (exact) mass is 340 g/mol. The summed E-state index contributed by atoms with van der Waals surface area (Å²) in [5.41, 5.74) is 1.61. The normalized spacial score (nSPS) is 20.6. The Labute approximate surface area is 147 Å². The van der Waals surface area contributed by atoms with Gasteiger partial charge in [0.25, 0.3) is 5.91 Å². The zero-order valence-corrected chi connectivity index (χ0v) is 14.8. The third-order valence-electron chi connectivity index (χ3n) is 4.93. The van der Waals surface area contributed by atoms with Crippen molar-refractivity contribution in [3.63, 3.8) is 0 Å². The topological polar surface area (TPSA) is 75.9 Å². The summed E-state index contributed by atoms with van der Waals surface area (Å²) in [6, 6.07) is 3.92. The van der Waals surface area contributed by atoms with Gasteiger partial charge in [-0.2, -0.15) is 5.10 Å². The molecule has 1 aliphatic carbocycles. The van der Waals surface area contributed by atoms with Crippen molar-refractivity contribution >= 4 is 11.7 Å². The third-order valence-corrected chi connectivity index (χ3v) is 4.93. The number of hydrogen-bond acceptors (Lipinski definition) is 5. The van der Waals surface area contributed by atoms with Crippen molar-refractivity contribution in [3.05, 3.63) is 35.5 Å². The lowest BCUT2D eigenvalue weighted by atomic mass is 10.1. The summed E-state index contributed by atoms with van der Waals surface area (Å²) in [7, 11) is 1.78. The number of carbonyl (C=O) groups excluding carboxylic acids is 1. The number of aromatic nitrogens is 4. The SMILES string of the molecule is Cc1cc(N2CCCC(NC(=O)c3ccnn3C)C2)nc(C2CC2)n1. The number of piperidine rings is 1. The van der Waals surface area contributed by atoms with Gasteiger partial charge < -0.3 is 10.2 Å². The summed E-state index contributed by atoms with van der Waals surface area (Å²) < 4.78 is 1.60. The largest absolute Gasteiger partial charge is 0.354 e. The molecule has 1 aliphatic heterocycles. The number of amides is 1. The standard InChI is InChI=1S/C18H24N6O/c1-12-10-16(22-17(20-12)13-5-6-13)24-9-3-4-14(11-24)21-18(25)15-7-8-19-23(15)2/h7-8,10,13-14H,3-6,9,11H2,1-2H3,(H,21,25). The van der Waals surface area contributed by atoms with Gasteiger partial charge in [0.05, 0.1) is 0 Å². The van der Waals surface area contributed by atoms with Gasteiger partial charge in [-0.1, -0.05) is 0 Å². The Kier molecular flexibility index (Phi) is 4.15. The Bertz CT molecular complexity index is 782. The van der Waals surface area contributed by atoms with E-state index < -0.39 is 0 Å². The van der Waals surface area contributed by atoms with Gasteiger partial charge in [0.2, 0.25) is 0 Å². The molecule has 1 saturated carbocycles. The predicted octanol–water partition coefficient (Wildman–Crippen LogP) is 1.79. The van der Waals surface area contributed by atoms with Crippen LogP contribution in [0.1, 0.15) is 53.6 Å². The van der Waals surface area contributed by atoms with E-state index >= 15 is 0 Å². The van der Waals surface area contributed by atoms with Crippen molar-refractivity contribution in [1.82, 2.24) is 25.1 Å². The molecule has 2 aliphatic rings. The highest BCUT2D eigenvalue weighted by Crippen LogP contribution is 2.38. The third kappa shape index (κ3) is 3.50. The van der Waals surface area contributed by atoms with Crippen LogP contribution < -0.4 is 10.2 Å². The molecule has 4 rings (SSSR count). The van der Waals surface area contributed by atoms with Gasteiger partial charge in [0.1, 0.15) is 17.3 Å². The van der Waals surface area contributed by atoms with Crippen LogP contribution in [0.5, 0.6) is 0 Å². The molecular formula is C18H24N6O. The molecule has 7 heteroatoms. The average molecular weight is 340 g/mol. The number of nitrogens with one attached hydrogen (secondary N) is 1. The van der Waals surface area contributed by atoms with Crippen LogP contribution in [-0.4, -0.2) is 44.8 Å². The summed E-state index contributed by atoms with van der Waals surface area (Å²) in [5, 5.41) is 7.20. The van der Waals surface area contributed by atoms with E-state index in [0.29, 0.717) is 11.6 Å². The summed E-state index contributed by atoms with van der Waals surface area (Å²) in [5.74, 6) is 2.46. The molecule has 1 unspecified atom stereocenters. The zero-order chi connectivity index (χ0) is 17.4. The van der Waals surface area contributed by atoms with Crippen molar-refractivity contribution in [2.24, 2.45) is 7.05 Å². The second kappa shape index (κ2) is 6.46. The second-order valence-corrected chi connectivity index (χ2v) is 7.10. The van der Waals surface area contributed by atoms with Crippen molar-refractivity contribution < 1.29 is 4.79 Å². The molecule has 2 fully saturated rings. The summed E-state index contributed by atoms with van der Waals surface area (Å²) in [6.07, 6.45) is 6.07. The molecule has 1 saturated heterocycles. The van der Waals surface area contributed by atoms with Crippen molar-refractivity contribution in [1.29, 1.82) is 0 Å². The molecule has 3 heterocycles. The Balaban J connectivity index is 1.46. The van der Waals surface area contributed by atoms with Gasteiger partial charge in [0, 0.05) is 50.1 Å². The first-order valence-electron chi connectivity index (χ1n) is 8.99. The van der Waals surface area contributed by atoms with Crippen LogP contribution in [-0.2, 0) is 7.05 Å². The second-order valence-electron chi connectivity index (χ2n) is 7.10. The molecule has 0 radical (unpaired) electrons. The lowest BCUT2D eigenvalue weighted by Crippen LogP contribution is -2.48. The zero-order valence-electron chi connectivity index (χ0n) is 14.8. The lowest BCUT2D eigenvalue weighted by Gasteiger charge is -2.34. The molecule has 2 aromatic heterocycles. The van der Waals surface area contributed by atoms with E-state index in [-0.39, 0.29) is 11.9 Å². The van der Waals surface area contributed by atoms with Crippen molar-refractivity contribution in [2.45, 2.75) is 44.6 Å². The maximum absolute atomic E-state index is 12.4. The van der Waals surface area contributed by atoms with E-state index in [1.807, 2.05) is 6.92 Å². The Hall–Kier alpha value is -2.44. The molecule has 132 valence electrons. The minimum Gasteiger partial charge on any atom is -0.354 e. The predicted molar refractivity (Wildman–Crippen MR) is 94.7 cm³/mol. The summed E-state index contributed by atoms with van der Waals surface area (Å²) in [4.78, 5) is 24.1. The fourth-order valence-corrected chi connectivity index (χ4v) is 3.42. The molecule has 25 heavy (non-hydrogen) atoms. The van der Waals surface area contributed by atoms with Gasteiger partial charge in [-0.3, -0.25) is 9.48 Å². The van der Waals surface area contributed by atoms with E-state index in [1.54, 1.807) is 24.0 Å². The van der Waals surface area contributed by atoms with E-state index in [4.69, 9.17) is 4.98 Å². The van der Waals surface area contributed by atoms with Gasteiger partial charge in [-0.05, 0) is 38.7 Å². The highest BCUT2D eigenvalue weighted by molar-refractivity contribution is 5.92. The van der Waals surface area contributed by atoms with Gasteiger partial charge in [-0.15, -0.1) is 0 Å². The maximum atomic E-state index is 12.4. The van der Waals surface area contributed by atoms with Crippen molar-refractivity contribution in [2.75, 3.05) is 18.0 Å². The van der Waals surface area contributed by atoms with Gasteiger partial charge in [-0.25, -0.2) is 9.97 Å². The fraction of sp³-hybridized carbons (Fsp3) is 0.556. The smallest absolute Gasteiger partial charge is 0.269 e. The molecule has 7 nitrogen and oxygen atoms in total. The van der Waals surface area contributed by atoms with Gasteiger partial charge >= 0.3 is 0 Å². The number of aryl methyl sites for hydroxylation is 2. The Morgan fingerprint density at radius 2 is 2.12 bits per heavy atom. The molecule has 0 spiro atoms. The van der Waals surface area contributed by atoms with Gasteiger partial charge in [0.15, 0.2) is 0 Å². The van der Waals surface area contributed by atoms with Crippen molar-refractivity contribution in [3.8, 4) is 0 Å². The molecule has 1 atom stereocenters. The molecule has 0 bridgehead atoms.